The van der Waals surface area contributed by atoms with Crippen molar-refractivity contribution in [1.29, 1.82) is 0 Å². The summed E-state index contributed by atoms with van der Waals surface area (Å²) < 4.78 is 63.8. The zero-order valence-corrected chi connectivity index (χ0v) is 38.8. The Morgan fingerprint density at radius 2 is 0.764 bits per heavy atom. The molecule has 6 aliphatic rings. The van der Waals surface area contributed by atoms with Crippen LogP contribution in [0.1, 0.15) is 20.8 Å². The summed E-state index contributed by atoms with van der Waals surface area (Å²) in [6.45, 7) is -1.61. The van der Waals surface area contributed by atoms with Gasteiger partial charge in [-0.15, -0.1) is 0 Å². The second-order valence-corrected chi connectivity index (χ2v) is 18.2. The molecule has 418 valence electrons. The van der Waals surface area contributed by atoms with E-state index >= 15 is 0 Å². The van der Waals surface area contributed by atoms with Gasteiger partial charge in [-0.1, -0.05) is 0 Å². The van der Waals surface area contributed by atoms with Crippen LogP contribution in [0.5, 0.6) is 0 Å². The van der Waals surface area contributed by atoms with Gasteiger partial charge in [0.1, 0.15) is 140 Å². The zero-order chi connectivity index (χ0) is 53.2. The molecule has 0 aromatic carbocycles. The van der Waals surface area contributed by atoms with Crippen molar-refractivity contribution in [3.63, 3.8) is 0 Å². The van der Waals surface area contributed by atoms with E-state index in [2.05, 4.69) is 10.6 Å². The molecule has 6 rings (SSSR count). The van der Waals surface area contributed by atoms with Gasteiger partial charge < -0.3 is 150 Å². The van der Waals surface area contributed by atoms with Crippen molar-refractivity contribution in [1.82, 2.24) is 10.6 Å². The van der Waals surface area contributed by atoms with Crippen LogP contribution in [-0.2, 0) is 61.7 Å². The highest BCUT2D eigenvalue weighted by atomic mass is 16.8. The molecule has 6 fully saturated rings. The number of hydrogen-bond acceptors (Lipinski definition) is 30. The molecule has 0 saturated carbocycles. The van der Waals surface area contributed by atoms with Crippen molar-refractivity contribution in [2.45, 2.75) is 205 Å². The Morgan fingerprint density at radius 1 is 0.361 bits per heavy atom. The molecule has 6 saturated heterocycles. The lowest BCUT2D eigenvalue weighted by molar-refractivity contribution is -0.402. The molecule has 0 radical (unpaired) electrons. The molecule has 19 N–H and O–H groups in total. The smallest absolute Gasteiger partial charge is 0.217 e. The van der Waals surface area contributed by atoms with E-state index in [1.807, 2.05) is 0 Å². The number of carbonyl (C=O) groups excluding carboxylic acids is 2. The van der Waals surface area contributed by atoms with E-state index < -0.39 is 229 Å². The number of hydrogen-bond donors (Lipinski definition) is 19. The average molecular weight is 1060 g/mol. The first-order valence-corrected chi connectivity index (χ1v) is 23.0. The van der Waals surface area contributed by atoms with Gasteiger partial charge in [-0.05, 0) is 6.92 Å². The Hall–Kier alpha value is -2.18. The number of aliphatic hydroxyl groups is 17. The topological polar surface area (TPSA) is 504 Å². The van der Waals surface area contributed by atoms with E-state index in [9.17, 15) is 96.4 Å². The summed E-state index contributed by atoms with van der Waals surface area (Å²) in [6.07, 6.45) is -52.8. The first-order valence-electron chi connectivity index (χ1n) is 23.0. The molecule has 32 heteroatoms. The van der Waals surface area contributed by atoms with E-state index in [0.717, 1.165) is 13.8 Å². The molecular formula is C40H68N2O30. The van der Waals surface area contributed by atoms with Gasteiger partial charge in [0.25, 0.3) is 0 Å². The molecular weight excluding hydrogens is 988 g/mol. The SMILES string of the molecule is CC(=O)NC1[C@H](O[C@@H]2C(O)[C@H](O[C@@H]3C(CO)O[C@@H](O)C(O)[C@H]3O)OC(CO)[C@@H]2O)OC(CO)[C@@H](O[C@@H]2OC(CO)[C@H](O)[C@H](O[C@H]3OC(CO)[C@H](O)[C@H](O)C3NC(C)=O)C2O[C@@H]2OC(C)[C@@H](O)[C@H](O)C2O)[C@@H]1O. The predicted molar refractivity (Wildman–Crippen MR) is 221 cm³/mol. The normalized spacial score (nSPS) is 50.3. The Bertz CT molecular complexity index is 1730. The Balaban J connectivity index is 1.32. The lowest BCUT2D eigenvalue weighted by Crippen LogP contribution is -2.71. The summed E-state index contributed by atoms with van der Waals surface area (Å²) in [5.41, 5.74) is 0. The van der Waals surface area contributed by atoms with Gasteiger partial charge in [-0.3, -0.25) is 9.59 Å². The van der Waals surface area contributed by atoms with Crippen LogP contribution in [0.25, 0.3) is 0 Å². The maximum absolute atomic E-state index is 12.7. The van der Waals surface area contributed by atoms with Crippen LogP contribution in [0, 0.1) is 0 Å². The molecule has 30 atom stereocenters. The standard InChI is InChI=1S/C40H68N2O30/c1-9-19(50)25(56)28(59)38(62-9)72-34-33(71-36-17(41-10(2)48)23(54)20(51)12(4-43)64-36)22(53)14(6-45)66-40(34)69-30-16(8-47)67-37(18(24(30)55)42-11(3)49)70-32-21(52)13(5-44)65-39(29(32)60)68-31-15(7-46)63-35(61)27(58)26(31)57/h9,12-40,43-47,50-61H,4-8H2,1-3H3,(H,41,48)(H,42,49)/t9?,12?,13?,14?,15?,16?,17?,18?,19-,20+,21+,22+,23-,24-,25+,26-,27?,28?,29?,30-,31-,32+,33+,34?,35-,36-,37+,38+,39+,40+/m1/s1. The third-order valence-electron chi connectivity index (χ3n) is 13.2. The fraction of sp³-hybridized carbons (Fsp3) is 0.950. The van der Waals surface area contributed by atoms with E-state index in [4.69, 9.17) is 52.1 Å². The molecule has 0 spiro atoms. The fourth-order valence-corrected chi connectivity index (χ4v) is 9.24. The van der Waals surface area contributed by atoms with Crippen molar-refractivity contribution < 1.29 is 149 Å². The van der Waals surface area contributed by atoms with Crippen LogP contribution < -0.4 is 10.6 Å². The highest BCUT2D eigenvalue weighted by Gasteiger charge is 2.59. The molecule has 2 amide bonds. The molecule has 6 aliphatic heterocycles. The zero-order valence-electron chi connectivity index (χ0n) is 38.8. The van der Waals surface area contributed by atoms with Crippen LogP contribution in [0.15, 0.2) is 0 Å². The molecule has 0 aliphatic carbocycles. The third kappa shape index (κ3) is 12.5. The van der Waals surface area contributed by atoms with E-state index in [0.29, 0.717) is 0 Å². The lowest BCUT2D eigenvalue weighted by Gasteiger charge is -2.51. The molecule has 0 bridgehead atoms. The molecule has 32 nitrogen and oxygen atoms in total. The third-order valence-corrected chi connectivity index (χ3v) is 13.2. The summed E-state index contributed by atoms with van der Waals surface area (Å²) in [5.74, 6) is -1.66. The maximum Gasteiger partial charge on any atom is 0.217 e. The van der Waals surface area contributed by atoms with Crippen molar-refractivity contribution in [3.8, 4) is 0 Å². The van der Waals surface area contributed by atoms with Gasteiger partial charge in [-0.25, -0.2) is 0 Å². The minimum Gasteiger partial charge on any atom is -0.394 e. The minimum absolute atomic E-state index is 0.784. The number of rotatable bonds is 17. The average Bonchev–Trinajstić information content (AvgIpc) is 3.34. The maximum atomic E-state index is 12.7. The van der Waals surface area contributed by atoms with Crippen molar-refractivity contribution in [2.24, 2.45) is 0 Å². The van der Waals surface area contributed by atoms with Crippen LogP contribution in [-0.4, -0.2) is 316 Å². The number of amides is 2. The van der Waals surface area contributed by atoms with Crippen molar-refractivity contribution in [2.75, 3.05) is 33.0 Å². The van der Waals surface area contributed by atoms with Crippen molar-refractivity contribution in [3.05, 3.63) is 0 Å². The van der Waals surface area contributed by atoms with Crippen LogP contribution in [0.3, 0.4) is 0 Å². The van der Waals surface area contributed by atoms with Gasteiger partial charge in [0.15, 0.2) is 37.7 Å². The van der Waals surface area contributed by atoms with Gasteiger partial charge in [0.2, 0.25) is 11.8 Å². The van der Waals surface area contributed by atoms with Gasteiger partial charge in [0.05, 0.1) is 39.1 Å². The van der Waals surface area contributed by atoms with Gasteiger partial charge >= 0.3 is 0 Å². The summed E-state index contributed by atoms with van der Waals surface area (Å²) in [4.78, 5) is 25.0. The summed E-state index contributed by atoms with van der Waals surface area (Å²) in [7, 11) is 0. The second-order valence-electron chi connectivity index (χ2n) is 18.2. The Morgan fingerprint density at radius 3 is 1.32 bits per heavy atom. The Labute approximate surface area is 408 Å². The number of aliphatic hydroxyl groups excluding tert-OH is 17. The molecule has 12 unspecified atom stereocenters. The highest BCUT2D eigenvalue weighted by molar-refractivity contribution is 5.73. The number of carbonyl (C=O) groups is 2. The lowest BCUT2D eigenvalue weighted by atomic mass is 9.93. The molecule has 0 aromatic rings. The first kappa shape index (κ1) is 59.1. The van der Waals surface area contributed by atoms with Crippen molar-refractivity contribution >= 4 is 11.8 Å². The van der Waals surface area contributed by atoms with E-state index in [-0.39, 0.29) is 0 Å². The minimum atomic E-state index is -2.15. The molecule has 0 aromatic heterocycles. The fourth-order valence-electron chi connectivity index (χ4n) is 9.24. The summed E-state index contributed by atoms with van der Waals surface area (Å²) >= 11 is 0. The van der Waals surface area contributed by atoms with Crippen LogP contribution in [0.4, 0.5) is 0 Å². The first-order chi connectivity index (χ1) is 34.0. The van der Waals surface area contributed by atoms with Gasteiger partial charge in [0, 0.05) is 13.8 Å². The molecule has 72 heavy (non-hydrogen) atoms. The van der Waals surface area contributed by atoms with E-state index in [1.54, 1.807) is 0 Å². The quantitative estimate of drug-likeness (QED) is 0.0643. The number of ether oxygens (including phenoxy) is 11. The summed E-state index contributed by atoms with van der Waals surface area (Å²) in [5, 5.41) is 187. The summed E-state index contributed by atoms with van der Waals surface area (Å²) in [6, 6.07) is -3.49. The number of nitrogens with one attached hydrogen (secondary N) is 2. The predicted octanol–water partition coefficient (Wildman–Crippen LogP) is -12.8. The van der Waals surface area contributed by atoms with E-state index in [1.165, 1.54) is 6.92 Å². The van der Waals surface area contributed by atoms with Crippen LogP contribution >= 0.6 is 0 Å². The second kappa shape index (κ2) is 25.3. The highest BCUT2D eigenvalue weighted by Crippen LogP contribution is 2.38. The molecule has 6 heterocycles. The van der Waals surface area contributed by atoms with Crippen LogP contribution in [0.2, 0.25) is 0 Å². The largest absolute Gasteiger partial charge is 0.394 e. The Kier molecular flexibility index (Phi) is 20.8. The monoisotopic (exact) mass is 1060 g/mol. The van der Waals surface area contributed by atoms with Gasteiger partial charge in [-0.2, -0.15) is 0 Å².